The van der Waals surface area contributed by atoms with Crippen molar-refractivity contribution in [1.29, 1.82) is 0 Å². The van der Waals surface area contributed by atoms with Crippen molar-refractivity contribution in [3.05, 3.63) is 47.7 Å². The minimum absolute atomic E-state index is 0.0445. The summed E-state index contributed by atoms with van der Waals surface area (Å²) in [5.74, 6) is 0.484. The number of hydrogen-bond acceptors (Lipinski definition) is 4. The first-order chi connectivity index (χ1) is 14.1. The summed E-state index contributed by atoms with van der Waals surface area (Å²) in [7, 11) is -3.17. The van der Waals surface area contributed by atoms with Crippen LogP contribution in [0.15, 0.2) is 40.8 Å². The highest BCUT2D eigenvalue weighted by atomic mass is 32.2. The second-order valence-corrected chi connectivity index (χ2v) is 9.76. The number of rotatable bonds is 7. The molecule has 1 saturated heterocycles. The monoisotopic (exact) mass is 443 g/mol. The van der Waals surface area contributed by atoms with Crippen molar-refractivity contribution in [3.8, 4) is 11.3 Å². The van der Waals surface area contributed by atoms with Crippen molar-refractivity contribution in [2.75, 3.05) is 11.5 Å². The number of sulfone groups is 1. The molecule has 2 heterocycles. The summed E-state index contributed by atoms with van der Waals surface area (Å²) in [5, 5.41) is 0. The van der Waals surface area contributed by atoms with Crippen LogP contribution in [0.5, 0.6) is 0 Å². The number of carbonyl (C=O) groups excluding carboxylic acids is 1. The van der Waals surface area contributed by atoms with Crippen LogP contribution < -0.4 is 0 Å². The summed E-state index contributed by atoms with van der Waals surface area (Å²) in [6, 6.07) is 7.58. The van der Waals surface area contributed by atoms with Crippen LogP contribution in [0.2, 0.25) is 0 Å². The highest BCUT2D eigenvalue weighted by Crippen LogP contribution is 2.33. The molecule has 2 aromatic rings. The van der Waals surface area contributed by atoms with E-state index in [2.05, 4.69) is 0 Å². The predicted octanol–water partition coefficient (Wildman–Crippen LogP) is 4.67. The summed E-state index contributed by atoms with van der Waals surface area (Å²) in [6.07, 6.45) is -2.23. The third-order valence-corrected chi connectivity index (χ3v) is 6.93. The van der Waals surface area contributed by atoms with Crippen LogP contribution in [-0.4, -0.2) is 36.8 Å². The number of benzene rings is 1. The van der Waals surface area contributed by atoms with E-state index in [1.165, 1.54) is 17.0 Å². The van der Waals surface area contributed by atoms with Gasteiger partial charge in [0.1, 0.15) is 11.5 Å². The first-order valence-corrected chi connectivity index (χ1v) is 11.7. The van der Waals surface area contributed by atoms with Crippen LogP contribution in [0.1, 0.15) is 43.9 Å². The van der Waals surface area contributed by atoms with E-state index in [-0.39, 0.29) is 35.3 Å². The van der Waals surface area contributed by atoms with Gasteiger partial charge in [-0.1, -0.05) is 25.5 Å². The Bertz CT molecular complexity index is 998. The number of hydrogen-bond donors (Lipinski definition) is 0. The maximum Gasteiger partial charge on any atom is 0.416 e. The molecule has 1 aliphatic heterocycles. The molecule has 1 aromatic heterocycles. The van der Waals surface area contributed by atoms with Crippen molar-refractivity contribution in [1.82, 2.24) is 4.90 Å². The lowest BCUT2D eigenvalue weighted by Gasteiger charge is -2.27. The molecule has 1 aromatic carbocycles. The van der Waals surface area contributed by atoms with Gasteiger partial charge in [0.15, 0.2) is 9.84 Å². The van der Waals surface area contributed by atoms with Gasteiger partial charge in [-0.05, 0) is 37.1 Å². The van der Waals surface area contributed by atoms with Gasteiger partial charge >= 0.3 is 6.18 Å². The van der Waals surface area contributed by atoms with Crippen LogP contribution >= 0.6 is 0 Å². The molecule has 9 heteroatoms. The van der Waals surface area contributed by atoms with Crippen molar-refractivity contribution >= 4 is 15.7 Å². The number of unbranched alkanes of at least 4 members (excludes halogenated alkanes) is 1. The quantitative estimate of drug-likeness (QED) is 0.624. The van der Waals surface area contributed by atoms with E-state index in [1.807, 2.05) is 6.92 Å². The Kier molecular flexibility index (Phi) is 6.59. The van der Waals surface area contributed by atoms with E-state index in [0.29, 0.717) is 25.0 Å². The van der Waals surface area contributed by atoms with Gasteiger partial charge in [0, 0.05) is 18.0 Å². The van der Waals surface area contributed by atoms with E-state index in [1.54, 1.807) is 12.1 Å². The maximum absolute atomic E-state index is 13.0. The van der Waals surface area contributed by atoms with E-state index < -0.39 is 27.6 Å². The standard InChI is InChI=1S/C21H24F3NO4S/c1-2-3-7-20(26)25(17-10-11-30(27,28)14-17)13-18-8-9-19(29-18)15-5-4-6-16(12-15)21(22,23)24/h4-6,8-9,12,17H,2-3,7,10-11,13-14H2,1H3. The SMILES string of the molecule is CCCCC(=O)N(Cc1ccc(-c2cccc(C(F)(F)F)c2)o1)C1CCS(=O)(=O)C1. The largest absolute Gasteiger partial charge is 0.459 e. The zero-order valence-electron chi connectivity index (χ0n) is 16.6. The van der Waals surface area contributed by atoms with Gasteiger partial charge in [-0.2, -0.15) is 13.2 Å². The lowest BCUT2D eigenvalue weighted by atomic mass is 10.1. The molecule has 0 N–H and O–H groups in total. The molecule has 164 valence electrons. The predicted molar refractivity (Wildman–Crippen MR) is 106 cm³/mol. The fourth-order valence-electron chi connectivity index (χ4n) is 3.55. The first-order valence-electron chi connectivity index (χ1n) is 9.85. The summed E-state index contributed by atoms with van der Waals surface area (Å²) < 4.78 is 68.4. The average molecular weight is 443 g/mol. The molecule has 0 bridgehead atoms. The summed E-state index contributed by atoms with van der Waals surface area (Å²) in [5.41, 5.74) is -0.492. The summed E-state index contributed by atoms with van der Waals surface area (Å²) in [6.45, 7) is 2.05. The Labute approximate surface area is 173 Å². The van der Waals surface area contributed by atoms with Crippen LogP contribution in [0.25, 0.3) is 11.3 Å². The molecule has 0 aliphatic carbocycles. The van der Waals surface area contributed by atoms with E-state index >= 15 is 0 Å². The van der Waals surface area contributed by atoms with Gasteiger partial charge in [0.25, 0.3) is 0 Å². The Morgan fingerprint density at radius 3 is 2.63 bits per heavy atom. The Balaban J connectivity index is 1.81. The Morgan fingerprint density at radius 2 is 2.00 bits per heavy atom. The van der Waals surface area contributed by atoms with Crippen molar-refractivity contribution in [3.63, 3.8) is 0 Å². The number of nitrogens with zero attached hydrogens (tertiary/aromatic N) is 1. The summed E-state index contributed by atoms with van der Waals surface area (Å²) >= 11 is 0. The highest BCUT2D eigenvalue weighted by molar-refractivity contribution is 7.91. The first kappa shape index (κ1) is 22.4. The zero-order chi connectivity index (χ0) is 21.9. The maximum atomic E-state index is 13.0. The number of furan rings is 1. The van der Waals surface area contributed by atoms with E-state index in [0.717, 1.165) is 18.6 Å². The molecule has 3 rings (SSSR count). The van der Waals surface area contributed by atoms with Gasteiger partial charge in [0.05, 0.1) is 23.6 Å². The van der Waals surface area contributed by atoms with Crippen LogP contribution in [0.4, 0.5) is 13.2 Å². The normalized spacial score (nSPS) is 18.5. The van der Waals surface area contributed by atoms with Crippen molar-refractivity contribution in [2.45, 2.75) is 51.4 Å². The average Bonchev–Trinajstić information content (AvgIpc) is 3.29. The highest BCUT2D eigenvalue weighted by Gasteiger charge is 2.35. The van der Waals surface area contributed by atoms with E-state index in [4.69, 9.17) is 4.42 Å². The molecule has 1 unspecified atom stereocenters. The molecule has 0 saturated carbocycles. The topological polar surface area (TPSA) is 67.6 Å². The number of carbonyl (C=O) groups is 1. The van der Waals surface area contributed by atoms with Gasteiger partial charge in [-0.25, -0.2) is 8.42 Å². The molecule has 1 atom stereocenters. The molecule has 5 nitrogen and oxygen atoms in total. The molecule has 30 heavy (non-hydrogen) atoms. The van der Waals surface area contributed by atoms with Gasteiger partial charge in [0.2, 0.25) is 5.91 Å². The molecular weight excluding hydrogens is 419 g/mol. The fraction of sp³-hybridized carbons (Fsp3) is 0.476. The van der Waals surface area contributed by atoms with Crippen LogP contribution in [-0.2, 0) is 27.4 Å². The number of amides is 1. The van der Waals surface area contributed by atoms with Crippen molar-refractivity contribution < 1.29 is 30.8 Å². The molecule has 1 fully saturated rings. The molecule has 1 aliphatic rings. The van der Waals surface area contributed by atoms with Gasteiger partial charge in [-0.15, -0.1) is 0 Å². The number of alkyl halides is 3. The van der Waals surface area contributed by atoms with Gasteiger partial charge in [-0.3, -0.25) is 4.79 Å². The molecular formula is C21H24F3NO4S. The Morgan fingerprint density at radius 1 is 1.23 bits per heavy atom. The summed E-state index contributed by atoms with van der Waals surface area (Å²) in [4.78, 5) is 14.2. The molecule has 1 amide bonds. The second-order valence-electron chi connectivity index (χ2n) is 7.53. The van der Waals surface area contributed by atoms with Crippen molar-refractivity contribution in [2.24, 2.45) is 0 Å². The third-order valence-electron chi connectivity index (χ3n) is 5.18. The smallest absolute Gasteiger partial charge is 0.416 e. The zero-order valence-corrected chi connectivity index (χ0v) is 17.4. The van der Waals surface area contributed by atoms with E-state index in [9.17, 15) is 26.4 Å². The molecule has 0 radical (unpaired) electrons. The lowest BCUT2D eigenvalue weighted by molar-refractivity contribution is -0.137. The Hall–Kier alpha value is -2.29. The third kappa shape index (κ3) is 5.44. The van der Waals surface area contributed by atoms with Gasteiger partial charge < -0.3 is 9.32 Å². The number of halogens is 3. The molecule has 0 spiro atoms. The lowest BCUT2D eigenvalue weighted by Crippen LogP contribution is -2.40. The fourth-order valence-corrected chi connectivity index (χ4v) is 5.28. The minimum atomic E-state index is -4.46. The second kappa shape index (κ2) is 8.83. The van der Waals surface area contributed by atoms with Crippen LogP contribution in [0, 0.1) is 0 Å². The minimum Gasteiger partial charge on any atom is -0.459 e. The van der Waals surface area contributed by atoms with Crippen LogP contribution in [0.3, 0.4) is 0 Å².